The zero-order valence-electron chi connectivity index (χ0n) is 10.1. The van der Waals surface area contributed by atoms with Gasteiger partial charge in [-0.3, -0.25) is 9.48 Å². The molecule has 0 fully saturated rings. The number of halogens is 1. The minimum absolute atomic E-state index is 0.0618. The van der Waals surface area contributed by atoms with Crippen molar-refractivity contribution in [1.29, 1.82) is 0 Å². The first-order valence-electron chi connectivity index (χ1n) is 5.12. The van der Waals surface area contributed by atoms with E-state index in [-0.39, 0.29) is 16.8 Å². The predicted octanol–water partition coefficient (Wildman–Crippen LogP) is 1.73. The van der Waals surface area contributed by atoms with E-state index in [9.17, 15) is 13.2 Å². The molecule has 0 radical (unpaired) electrons. The molecule has 0 saturated heterocycles. The number of sulfone groups is 1. The van der Waals surface area contributed by atoms with Gasteiger partial charge in [-0.1, -0.05) is 11.6 Å². The molecule has 0 aliphatic carbocycles. The van der Waals surface area contributed by atoms with Crippen LogP contribution in [0.2, 0.25) is 5.02 Å². The molecule has 1 rings (SSSR count). The number of carbonyl (C=O) groups is 1. The van der Waals surface area contributed by atoms with E-state index in [1.54, 1.807) is 0 Å². The van der Waals surface area contributed by atoms with Gasteiger partial charge in [0.1, 0.15) is 10.9 Å². The average molecular weight is 279 g/mol. The van der Waals surface area contributed by atoms with Crippen molar-refractivity contribution in [2.24, 2.45) is 0 Å². The first kappa shape index (κ1) is 14.2. The van der Waals surface area contributed by atoms with Gasteiger partial charge in [-0.05, 0) is 20.8 Å². The van der Waals surface area contributed by atoms with Gasteiger partial charge in [0.15, 0.2) is 15.6 Å². The number of Topliss-reactive ketones (excluding diaryl/α,β-unsaturated/α-hetero) is 1. The van der Waals surface area contributed by atoms with Gasteiger partial charge in [0.2, 0.25) is 0 Å². The molecule has 96 valence electrons. The van der Waals surface area contributed by atoms with Gasteiger partial charge in [0, 0.05) is 12.3 Å². The Morgan fingerprint density at radius 1 is 1.41 bits per heavy atom. The van der Waals surface area contributed by atoms with Gasteiger partial charge in [-0.25, -0.2) is 8.42 Å². The maximum Gasteiger partial charge on any atom is 0.200 e. The van der Waals surface area contributed by atoms with E-state index in [1.807, 2.05) is 13.8 Å². The SMILES string of the molecule is CC(C)n1ncc(Cl)c1C(=O)C(C)S(C)(=O)=O. The topological polar surface area (TPSA) is 69.0 Å². The van der Waals surface area contributed by atoms with Crippen LogP contribution in [0.4, 0.5) is 0 Å². The lowest BCUT2D eigenvalue weighted by Gasteiger charge is -2.13. The highest BCUT2D eigenvalue weighted by molar-refractivity contribution is 7.92. The molecule has 5 nitrogen and oxygen atoms in total. The standard InChI is InChI=1S/C10H15ClN2O3S/c1-6(2)13-9(8(11)5-12-13)10(14)7(3)17(4,15)16/h5-7H,1-4H3. The predicted molar refractivity (Wildman–Crippen MR) is 66.3 cm³/mol. The average Bonchev–Trinajstić information content (AvgIpc) is 2.56. The summed E-state index contributed by atoms with van der Waals surface area (Å²) in [5, 5.41) is 3.03. The van der Waals surface area contributed by atoms with Gasteiger partial charge >= 0.3 is 0 Å². The summed E-state index contributed by atoms with van der Waals surface area (Å²) in [4.78, 5) is 12.1. The number of rotatable bonds is 4. The molecular formula is C10H15ClN2O3S. The Kier molecular flexibility index (Phi) is 3.99. The van der Waals surface area contributed by atoms with Crippen LogP contribution < -0.4 is 0 Å². The quantitative estimate of drug-likeness (QED) is 0.787. The normalized spacial score (nSPS) is 14.0. The Morgan fingerprint density at radius 2 is 1.94 bits per heavy atom. The highest BCUT2D eigenvalue weighted by Gasteiger charge is 2.30. The number of hydrogen-bond donors (Lipinski definition) is 0. The van der Waals surface area contributed by atoms with Crippen molar-refractivity contribution in [2.45, 2.75) is 32.1 Å². The molecular weight excluding hydrogens is 264 g/mol. The van der Waals surface area contributed by atoms with Crippen LogP contribution in [-0.4, -0.2) is 35.5 Å². The molecule has 0 aliphatic heterocycles. The van der Waals surface area contributed by atoms with Crippen molar-refractivity contribution in [3.05, 3.63) is 16.9 Å². The van der Waals surface area contributed by atoms with Gasteiger partial charge in [0.25, 0.3) is 0 Å². The third-order valence-corrected chi connectivity index (χ3v) is 4.26. The van der Waals surface area contributed by atoms with E-state index in [1.165, 1.54) is 17.8 Å². The third kappa shape index (κ3) is 2.87. The van der Waals surface area contributed by atoms with Gasteiger partial charge in [0.05, 0.1) is 11.2 Å². The van der Waals surface area contributed by atoms with Crippen LogP contribution >= 0.6 is 11.6 Å². The van der Waals surface area contributed by atoms with Crippen molar-refractivity contribution < 1.29 is 13.2 Å². The largest absolute Gasteiger partial charge is 0.291 e. The second kappa shape index (κ2) is 4.78. The van der Waals surface area contributed by atoms with E-state index in [2.05, 4.69) is 5.10 Å². The summed E-state index contributed by atoms with van der Waals surface area (Å²) in [5.41, 5.74) is 0.152. The molecule has 1 aromatic heterocycles. The molecule has 0 aliphatic rings. The Bertz CT molecular complexity index is 534. The Morgan fingerprint density at radius 3 is 2.35 bits per heavy atom. The molecule has 7 heteroatoms. The smallest absolute Gasteiger partial charge is 0.200 e. The summed E-state index contributed by atoms with van der Waals surface area (Å²) in [7, 11) is -3.44. The first-order valence-corrected chi connectivity index (χ1v) is 7.45. The summed E-state index contributed by atoms with van der Waals surface area (Å²) in [6.07, 6.45) is 2.38. The van der Waals surface area contributed by atoms with Crippen molar-refractivity contribution in [3.8, 4) is 0 Å². The summed E-state index contributed by atoms with van der Waals surface area (Å²) >= 11 is 5.88. The molecule has 0 amide bonds. The van der Waals surface area contributed by atoms with E-state index >= 15 is 0 Å². The summed E-state index contributed by atoms with van der Waals surface area (Å²) < 4.78 is 24.2. The Balaban J connectivity index is 3.26. The van der Waals surface area contributed by atoms with Gasteiger partial charge in [-0.2, -0.15) is 5.10 Å². The molecule has 1 unspecified atom stereocenters. The third-order valence-electron chi connectivity index (χ3n) is 2.48. The number of nitrogens with zero attached hydrogens (tertiary/aromatic N) is 2. The number of aromatic nitrogens is 2. The van der Waals surface area contributed by atoms with Crippen LogP contribution in [0.5, 0.6) is 0 Å². The highest BCUT2D eigenvalue weighted by atomic mass is 35.5. The van der Waals surface area contributed by atoms with Crippen LogP contribution in [0.25, 0.3) is 0 Å². The van der Waals surface area contributed by atoms with Crippen molar-refractivity contribution in [1.82, 2.24) is 9.78 Å². The van der Waals surface area contributed by atoms with E-state index in [0.29, 0.717) is 0 Å². The van der Waals surface area contributed by atoms with E-state index < -0.39 is 20.9 Å². The summed E-state index contributed by atoms with van der Waals surface area (Å²) in [5.74, 6) is -0.524. The number of carbonyl (C=O) groups excluding carboxylic acids is 1. The number of hydrogen-bond acceptors (Lipinski definition) is 4. The van der Waals surface area contributed by atoms with Crippen LogP contribution in [-0.2, 0) is 9.84 Å². The fourth-order valence-electron chi connectivity index (χ4n) is 1.35. The molecule has 1 aromatic rings. The molecule has 0 saturated carbocycles. The minimum Gasteiger partial charge on any atom is -0.291 e. The maximum atomic E-state index is 12.1. The van der Waals surface area contributed by atoms with E-state index in [4.69, 9.17) is 11.6 Å². The summed E-state index contributed by atoms with van der Waals surface area (Å²) in [6.45, 7) is 5.03. The molecule has 0 aromatic carbocycles. The molecule has 0 bridgehead atoms. The molecule has 1 atom stereocenters. The maximum absolute atomic E-state index is 12.1. The van der Waals surface area contributed by atoms with E-state index in [0.717, 1.165) is 6.26 Å². The fourth-order valence-corrected chi connectivity index (χ4v) is 2.07. The zero-order valence-corrected chi connectivity index (χ0v) is 11.7. The van der Waals surface area contributed by atoms with Crippen LogP contribution in [0, 0.1) is 0 Å². The molecule has 17 heavy (non-hydrogen) atoms. The van der Waals surface area contributed by atoms with Crippen LogP contribution in [0.1, 0.15) is 37.3 Å². The lowest BCUT2D eigenvalue weighted by atomic mass is 10.2. The summed E-state index contributed by atoms with van der Waals surface area (Å²) in [6, 6.07) is -0.0618. The van der Waals surface area contributed by atoms with Crippen molar-refractivity contribution in [3.63, 3.8) is 0 Å². The highest BCUT2D eigenvalue weighted by Crippen LogP contribution is 2.22. The molecule has 0 spiro atoms. The van der Waals surface area contributed by atoms with Gasteiger partial charge in [-0.15, -0.1) is 0 Å². The second-order valence-electron chi connectivity index (χ2n) is 4.22. The molecule has 1 heterocycles. The Labute approximate surface area is 106 Å². The van der Waals surface area contributed by atoms with Crippen molar-refractivity contribution >= 4 is 27.2 Å². The molecule has 0 N–H and O–H groups in total. The lowest BCUT2D eigenvalue weighted by molar-refractivity contribution is 0.0979. The van der Waals surface area contributed by atoms with Crippen molar-refractivity contribution in [2.75, 3.05) is 6.26 Å². The Hall–Kier alpha value is -0.880. The zero-order chi connectivity index (χ0) is 13.4. The lowest BCUT2D eigenvalue weighted by Crippen LogP contribution is -2.29. The van der Waals surface area contributed by atoms with Gasteiger partial charge < -0.3 is 0 Å². The second-order valence-corrected chi connectivity index (χ2v) is 6.99. The van der Waals surface area contributed by atoms with Crippen LogP contribution in [0.15, 0.2) is 6.20 Å². The minimum atomic E-state index is -3.44. The first-order chi connectivity index (χ1) is 7.66. The number of ketones is 1. The monoisotopic (exact) mass is 278 g/mol. The van der Waals surface area contributed by atoms with Crippen LogP contribution in [0.3, 0.4) is 0 Å². The fraction of sp³-hybridized carbons (Fsp3) is 0.600.